The van der Waals surface area contributed by atoms with Crippen molar-refractivity contribution < 1.29 is 14.4 Å². The first-order valence-corrected chi connectivity index (χ1v) is 9.03. The van der Waals surface area contributed by atoms with Gasteiger partial charge in [0, 0.05) is 49.7 Å². The maximum absolute atomic E-state index is 12.6. The number of hydrogen-bond donors (Lipinski definition) is 2. The third kappa shape index (κ3) is 3.16. The van der Waals surface area contributed by atoms with Crippen LogP contribution in [0, 0.1) is 0 Å². The van der Waals surface area contributed by atoms with Gasteiger partial charge in [0.05, 0.1) is 6.42 Å². The minimum absolute atomic E-state index is 0.0282. The number of aromatic amines is 1. The molecule has 26 heavy (non-hydrogen) atoms. The van der Waals surface area contributed by atoms with Crippen molar-refractivity contribution in [3.63, 3.8) is 0 Å². The number of piperazine rings is 1. The van der Waals surface area contributed by atoms with Crippen molar-refractivity contribution in [3.8, 4) is 0 Å². The van der Waals surface area contributed by atoms with Gasteiger partial charge in [-0.25, -0.2) is 0 Å². The molecule has 4 rings (SSSR count). The lowest BCUT2D eigenvalue weighted by molar-refractivity contribution is -0.140. The molecule has 7 nitrogen and oxygen atoms in total. The molecule has 1 aromatic carbocycles. The van der Waals surface area contributed by atoms with Crippen molar-refractivity contribution in [2.24, 2.45) is 0 Å². The summed E-state index contributed by atoms with van der Waals surface area (Å²) in [5, 5.41) is 3.79. The number of benzene rings is 1. The molecule has 2 aliphatic heterocycles. The predicted molar refractivity (Wildman–Crippen MR) is 96.3 cm³/mol. The number of fused-ring (bicyclic) bond motifs is 1. The Labute approximate surface area is 151 Å². The molecule has 1 unspecified atom stereocenters. The van der Waals surface area contributed by atoms with Gasteiger partial charge >= 0.3 is 0 Å². The van der Waals surface area contributed by atoms with Crippen LogP contribution in [-0.4, -0.2) is 64.7 Å². The van der Waals surface area contributed by atoms with Gasteiger partial charge in [-0.1, -0.05) is 18.2 Å². The van der Waals surface area contributed by atoms with E-state index in [2.05, 4.69) is 10.3 Å². The zero-order chi connectivity index (χ0) is 18.1. The van der Waals surface area contributed by atoms with E-state index < -0.39 is 6.04 Å². The van der Waals surface area contributed by atoms with Crippen molar-refractivity contribution >= 4 is 28.6 Å². The molecule has 0 radical (unpaired) electrons. The number of carbonyl (C=O) groups excluding carboxylic acids is 3. The molecule has 0 spiro atoms. The van der Waals surface area contributed by atoms with Crippen LogP contribution in [0.15, 0.2) is 30.5 Å². The number of carbonyl (C=O) groups is 3. The van der Waals surface area contributed by atoms with Gasteiger partial charge < -0.3 is 20.1 Å². The average Bonchev–Trinajstić information content (AvgIpc) is 3.28. The van der Waals surface area contributed by atoms with Gasteiger partial charge in [-0.2, -0.15) is 0 Å². The topological polar surface area (TPSA) is 85.5 Å². The number of nitrogens with one attached hydrogen (secondary N) is 2. The van der Waals surface area contributed by atoms with E-state index in [-0.39, 0.29) is 17.7 Å². The molecule has 136 valence electrons. The summed E-state index contributed by atoms with van der Waals surface area (Å²) >= 11 is 0. The van der Waals surface area contributed by atoms with E-state index in [4.69, 9.17) is 0 Å². The summed E-state index contributed by atoms with van der Waals surface area (Å²) in [5.74, 6) is -0.00788. The molecule has 1 atom stereocenters. The van der Waals surface area contributed by atoms with Crippen molar-refractivity contribution in [1.82, 2.24) is 20.1 Å². The van der Waals surface area contributed by atoms with Crippen molar-refractivity contribution in [1.29, 1.82) is 0 Å². The molecule has 2 N–H and O–H groups in total. The van der Waals surface area contributed by atoms with Crippen LogP contribution < -0.4 is 5.32 Å². The number of amides is 3. The standard InChI is InChI=1S/C19H22N4O3/c24-17-6-5-16(21-17)19(26)23-9-7-22(8-10-23)18(25)11-13-12-20-15-4-2-1-3-14(13)15/h1-4,12,16,20H,5-11H2,(H,21,24). The van der Waals surface area contributed by atoms with Crippen LogP contribution in [0.3, 0.4) is 0 Å². The van der Waals surface area contributed by atoms with Crippen molar-refractivity contribution in [2.45, 2.75) is 25.3 Å². The Hall–Kier alpha value is -2.83. The highest BCUT2D eigenvalue weighted by Gasteiger charge is 2.33. The van der Waals surface area contributed by atoms with E-state index in [0.29, 0.717) is 45.4 Å². The Bertz CT molecular complexity index is 851. The smallest absolute Gasteiger partial charge is 0.245 e. The fourth-order valence-electron chi connectivity index (χ4n) is 3.75. The third-order valence-electron chi connectivity index (χ3n) is 5.25. The predicted octanol–water partition coefficient (Wildman–Crippen LogP) is 0.660. The van der Waals surface area contributed by atoms with Gasteiger partial charge in [-0.05, 0) is 18.1 Å². The van der Waals surface area contributed by atoms with Crippen LogP contribution in [0.2, 0.25) is 0 Å². The summed E-state index contributed by atoms with van der Waals surface area (Å²) in [6.45, 7) is 2.11. The molecule has 2 aliphatic rings. The van der Waals surface area contributed by atoms with Gasteiger partial charge in [-0.3, -0.25) is 14.4 Å². The minimum atomic E-state index is -0.393. The maximum atomic E-state index is 12.6. The van der Waals surface area contributed by atoms with Gasteiger partial charge in [-0.15, -0.1) is 0 Å². The van der Waals surface area contributed by atoms with Gasteiger partial charge in [0.15, 0.2) is 0 Å². The lowest BCUT2D eigenvalue weighted by Gasteiger charge is -2.36. The molecule has 0 bridgehead atoms. The Morgan fingerprint density at radius 1 is 1.08 bits per heavy atom. The largest absolute Gasteiger partial charge is 0.361 e. The first-order valence-electron chi connectivity index (χ1n) is 9.03. The summed E-state index contributed by atoms with van der Waals surface area (Å²) in [4.78, 5) is 43.1. The number of nitrogens with zero attached hydrogens (tertiary/aromatic N) is 2. The summed E-state index contributed by atoms with van der Waals surface area (Å²) in [6, 6.07) is 7.55. The van der Waals surface area contributed by atoms with E-state index in [0.717, 1.165) is 16.5 Å². The monoisotopic (exact) mass is 354 g/mol. The molecule has 7 heteroatoms. The Morgan fingerprint density at radius 3 is 2.54 bits per heavy atom. The fourth-order valence-corrected chi connectivity index (χ4v) is 3.75. The molecule has 1 aromatic heterocycles. The molecular formula is C19H22N4O3. The molecule has 3 heterocycles. The molecule has 0 aliphatic carbocycles. The van der Waals surface area contributed by atoms with Crippen molar-refractivity contribution in [2.75, 3.05) is 26.2 Å². The number of para-hydroxylation sites is 1. The van der Waals surface area contributed by atoms with Crippen LogP contribution in [0.5, 0.6) is 0 Å². The Balaban J connectivity index is 1.33. The van der Waals surface area contributed by atoms with Crippen LogP contribution in [0.25, 0.3) is 10.9 Å². The molecule has 2 aromatic rings. The summed E-state index contributed by atoms with van der Waals surface area (Å²) in [6.07, 6.45) is 3.23. The third-order valence-corrected chi connectivity index (χ3v) is 5.25. The van der Waals surface area contributed by atoms with Crippen LogP contribution in [-0.2, 0) is 20.8 Å². The summed E-state index contributed by atoms with van der Waals surface area (Å²) < 4.78 is 0. The Morgan fingerprint density at radius 2 is 1.81 bits per heavy atom. The van der Waals surface area contributed by atoms with Gasteiger partial charge in [0.2, 0.25) is 17.7 Å². The fraction of sp³-hybridized carbons (Fsp3) is 0.421. The lowest BCUT2D eigenvalue weighted by Crippen LogP contribution is -2.54. The first-order chi connectivity index (χ1) is 12.6. The van der Waals surface area contributed by atoms with E-state index >= 15 is 0 Å². The van der Waals surface area contributed by atoms with Crippen LogP contribution in [0.1, 0.15) is 18.4 Å². The minimum Gasteiger partial charge on any atom is -0.361 e. The molecular weight excluding hydrogens is 332 g/mol. The average molecular weight is 354 g/mol. The highest BCUT2D eigenvalue weighted by Crippen LogP contribution is 2.19. The second-order valence-corrected chi connectivity index (χ2v) is 6.90. The maximum Gasteiger partial charge on any atom is 0.245 e. The molecule has 2 fully saturated rings. The van der Waals surface area contributed by atoms with Gasteiger partial charge in [0.1, 0.15) is 6.04 Å². The number of aromatic nitrogens is 1. The number of rotatable bonds is 3. The van der Waals surface area contributed by atoms with E-state index in [1.54, 1.807) is 4.90 Å². The zero-order valence-electron chi connectivity index (χ0n) is 14.5. The molecule has 3 amide bonds. The Kier molecular flexibility index (Phi) is 4.36. The van der Waals surface area contributed by atoms with Gasteiger partial charge in [0.25, 0.3) is 0 Å². The van der Waals surface area contributed by atoms with Crippen molar-refractivity contribution in [3.05, 3.63) is 36.0 Å². The normalized spacial score (nSPS) is 20.5. The zero-order valence-corrected chi connectivity index (χ0v) is 14.5. The van der Waals surface area contributed by atoms with Crippen LogP contribution in [0.4, 0.5) is 0 Å². The van der Waals surface area contributed by atoms with Crippen LogP contribution >= 0.6 is 0 Å². The summed E-state index contributed by atoms with van der Waals surface area (Å²) in [5.41, 5.74) is 2.03. The second-order valence-electron chi connectivity index (χ2n) is 6.90. The highest BCUT2D eigenvalue weighted by molar-refractivity contribution is 5.91. The highest BCUT2D eigenvalue weighted by atomic mass is 16.2. The number of H-pyrrole nitrogens is 1. The van der Waals surface area contributed by atoms with E-state index in [9.17, 15) is 14.4 Å². The number of hydrogen-bond acceptors (Lipinski definition) is 3. The second kappa shape index (κ2) is 6.82. The summed E-state index contributed by atoms with van der Waals surface area (Å²) in [7, 11) is 0. The first kappa shape index (κ1) is 16.6. The van der Waals surface area contributed by atoms with E-state index in [1.165, 1.54) is 0 Å². The molecule has 2 saturated heterocycles. The SMILES string of the molecule is O=C1CCC(C(=O)N2CCN(C(=O)Cc3c[nH]c4ccccc34)CC2)N1. The van der Waals surface area contributed by atoms with E-state index in [1.807, 2.05) is 35.4 Å². The molecule has 0 saturated carbocycles. The lowest BCUT2D eigenvalue weighted by atomic mass is 10.1. The quantitative estimate of drug-likeness (QED) is 0.849.